The highest BCUT2D eigenvalue weighted by Gasteiger charge is 2.18. The first-order valence-electron chi connectivity index (χ1n) is 9.16. The second-order valence-corrected chi connectivity index (χ2v) is 8.21. The fraction of sp³-hybridized carbons (Fsp3) is 0.238. The van der Waals surface area contributed by atoms with Gasteiger partial charge in [0.15, 0.2) is 0 Å². The van der Waals surface area contributed by atoms with Gasteiger partial charge in [0, 0.05) is 18.3 Å². The minimum Gasteiger partial charge on any atom is -0.480 e. The maximum Gasteiger partial charge on any atom is 0.320 e. The van der Waals surface area contributed by atoms with Crippen LogP contribution < -0.4 is 5.73 Å². The van der Waals surface area contributed by atoms with Crippen molar-refractivity contribution in [1.82, 2.24) is 9.97 Å². The van der Waals surface area contributed by atoms with E-state index in [4.69, 9.17) is 15.0 Å². The van der Waals surface area contributed by atoms with Crippen LogP contribution in [0.5, 0.6) is 0 Å². The summed E-state index contributed by atoms with van der Waals surface area (Å²) in [5.41, 5.74) is 8.49. The second-order valence-electron chi connectivity index (χ2n) is 6.63. The second kappa shape index (κ2) is 10.7. The first kappa shape index (κ1) is 23.3. The van der Waals surface area contributed by atoms with Gasteiger partial charge in [0.2, 0.25) is 0 Å². The summed E-state index contributed by atoms with van der Waals surface area (Å²) in [5, 5.41) is 8.42. The molecule has 3 rings (SSSR count). The molecule has 1 unspecified atom stereocenters. The predicted octanol–water partition coefficient (Wildman–Crippen LogP) is 2.57. The number of hydrogen-bond donors (Lipinski definition) is 3. The van der Waals surface area contributed by atoms with Crippen molar-refractivity contribution in [1.29, 1.82) is 0 Å². The minimum absolute atomic E-state index is 0.0521. The van der Waals surface area contributed by atoms with Gasteiger partial charge in [0.25, 0.3) is 10.1 Å². The number of aliphatic carboxylic acids is 1. The Labute approximate surface area is 175 Å². The van der Waals surface area contributed by atoms with Crippen LogP contribution in [0.2, 0.25) is 0 Å². The molecule has 1 atom stereocenters. The summed E-state index contributed by atoms with van der Waals surface area (Å²) in [7, 11) is -3.71. The summed E-state index contributed by atoms with van der Waals surface area (Å²) in [6.07, 6.45) is 3.34. The maximum atomic E-state index is 12.2. The number of nitrogens with zero attached hydrogens (tertiary/aromatic N) is 1. The topological polar surface area (TPSA) is 135 Å². The minimum atomic E-state index is -3.71. The third kappa shape index (κ3) is 6.80. The zero-order valence-corrected chi connectivity index (χ0v) is 17.6. The summed E-state index contributed by atoms with van der Waals surface area (Å²) in [6, 6.07) is 13.6. The van der Waals surface area contributed by atoms with Gasteiger partial charge in [-0.15, -0.1) is 0 Å². The summed E-state index contributed by atoms with van der Waals surface area (Å²) >= 11 is 0. The molecule has 0 aliphatic carbocycles. The van der Waals surface area contributed by atoms with Crippen molar-refractivity contribution >= 4 is 16.1 Å². The van der Waals surface area contributed by atoms with E-state index in [9.17, 15) is 13.2 Å². The molecule has 4 N–H and O–H groups in total. The van der Waals surface area contributed by atoms with Crippen molar-refractivity contribution in [2.45, 2.75) is 37.8 Å². The summed E-state index contributed by atoms with van der Waals surface area (Å²) in [4.78, 5) is 17.0. The van der Waals surface area contributed by atoms with Crippen LogP contribution in [0.25, 0.3) is 0 Å². The van der Waals surface area contributed by atoms with Crippen molar-refractivity contribution in [3.63, 3.8) is 0 Å². The van der Waals surface area contributed by atoms with Gasteiger partial charge in [-0.2, -0.15) is 8.42 Å². The van der Waals surface area contributed by atoms with E-state index in [2.05, 4.69) is 9.97 Å². The number of hydrogen-bond acceptors (Lipinski definition) is 6. The number of carboxylic acid groups (broad SMARTS) is 1. The quantitative estimate of drug-likeness (QED) is 0.489. The van der Waals surface area contributed by atoms with Gasteiger partial charge in [-0.05, 0) is 36.6 Å². The Morgan fingerprint density at radius 2 is 1.87 bits per heavy atom. The van der Waals surface area contributed by atoms with Crippen molar-refractivity contribution in [2.75, 3.05) is 0 Å². The van der Waals surface area contributed by atoms with Crippen molar-refractivity contribution in [3.8, 4) is 0 Å². The Kier molecular flexibility index (Phi) is 8.28. The molecule has 3 aromatic rings. The molecule has 0 fully saturated rings. The molecule has 8 nitrogen and oxygen atoms in total. The van der Waals surface area contributed by atoms with Crippen molar-refractivity contribution in [2.24, 2.45) is 5.73 Å². The lowest BCUT2D eigenvalue weighted by Crippen LogP contribution is -2.32. The van der Waals surface area contributed by atoms with Crippen LogP contribution in [0.3, 0.4) is 0 Å². The average Bonchev–Trinajstić information content (AvgIpc) is 3.23. The highest BCUT2D eigenvalue weighted by Crippen LogP contribution is 2.21. The van der Waals surface area contributed by atoms with Gasteiger partial charge in [0.05, 0.1) is 17.8 Å². The molecule has 0 aliphatic rings. The van der Waals surface area contributed by atoms with Crippen molar-refractivity contribution in [3.05, 3.63) is 83.4 Å². The molecule has 1 heterocycles. The lowest BCUT2D eigenvalue weighted by atomic mass is 10.1. The molecule has 0 saturated carbocycles. The zero-order valence-electron chi connectivity index (χ0n) is 16.8. The first-order valence-corrected chi connectivity index (χ1v) is 10.6. The Morgan fingerprint density at radius 3 is 2.47 bits per heavy atom. The number of aryl methyl sites for hydroxylation is 1. The smallest absolute Gasteiger partial charge is 0.320 e. The van der Waals surface area contributed by atoms with E-state index in [0.717, 1.165) is 22.4 Å². The molecule has 2 aromatic carbocycles. The predicted molar refractivity (Wildman–Crippen MR) is 112 cm³/mol. The van der Waals surface area contributed by atoms with Crippen LogP contribution >= 0.6 is 0 Å². The normalized spacial score (nSPS) is 12.0. The lowest BCUT2D eigenvalue weighted by molar-refractivity contribution is -0.138. The average molecular weight is 432 g/mol. The van der Waals surface area contributed by atoms with Gasteiger partial charge in [-0.1, -0.05) is 42.5 Å². The summed E-state index contributed by atoms with van der Waals surface area (Å²) in [6.45, 7) is 3.72. The van der Waals surface area contributed by atoms with Crippen LogP contribution in [0, 0.1) is 13.8 Å². The third-order valence-corrected chi connectivity index (χ3v) is 5.77. The van der Waals surface area contributed by atoms with Crippen LogP contribution in [0.4, 0.5) is 0 Å². The number of H-pyrrole nitrogens is 1. The molecule has 0 spiro atoms. The number of benzene rings is 2. The van der Waals surface area contributed by atoms with E-state index in [1.54, 1.807) is 25.3 Å². The number of rotatable bonds is 7. The van der Waals surface area contributed by atoms with E-state index in [1.165, 1.54) is 6.33 Å². The number of nitrogens with two attached hydrogens (primary N) is 1. The van der Waals surface area contributed by atoms with Gasteiger partial charge in [0.1, 0.15) is 6.04 Å². The van der Waals surface area contributed by atoms with Crippen LogP contribution in [-0.4, -0.2) is 35.5 Å². The molecule has 9 heteroatoms. The van der Waals surface area contributed by atoms with E-state index >= 15 is 0 Å². The van der Waals surface area contributed by atoms with E-state index in [1.807, 2.05) is 43.3 Å². The number of imidazole rings is 1. The number of aromatic nitrogens is 2. The fourth-order valence-corrected chi connectivity index (χ4v) is 3.70. The Hall–Kier alpha value is -3.01. The SMILES string of the molecule is Cc1cccc(S(=O)(=O)OCc2ccccc2)c1C.NC(Cc1cnc[nH]1)C(=O)O. The highest BCUT2D eigenvalue weighted by molar-refractivity contribution is 7.86. The molecule has 0 bridgehead atoms. The number of carboxylic acids is 1. The first-order chi connectivity index (χ1) is 14.2. The van der Waals surface area contributed by atoms with Gasteiger partial charge >= 0.3 is 5.97 Å². The largest absolute Gasteiger partial charge is 0.480 e. The lowest BCUT2D eigenvalue weighted by Gasteiger charge is -2.10. The molecule has 30 heavy (non-hydrogen) atoms. The van der Waals surface area contributed by atoms with Gasteiger partial charge in [-0.3, -0.25) is 8.98 Å². The third-order valence-electron chi connectivity index (χ3n) is 4.36. The van der Waals surface area contributed by atoms with Crippen LogP contribution in [0.15, 0.2) is 66.0 Å². The number of carbonyl (C=O) groups is 1. The Morgan fingerprint density at radius 1 is 1.17 bits per heavy atom. The van der Waals surface area contributed by atoms with E-state index in [0.29, 0.717) is 0 Å². The zero-order chi connectivity index (χ0) is 22.1. The molecular weight excluding hydrogens is 406 g/mol. The Bertz CT molecular complexity index is 1050. The van der Waals surface area contributed by atoms with Gasteiger partial charge in [-0.25, -0.2) is 4.98 Å². The van der Waals surface area contributed by atoms with Gasteiger partial charge < -0.3 is 15.8 Å². The van der Waals surface area contributed by atoms with Crippen molar-refractivity contribution < 1.29 is 22.5 Å². The standard InChI is InChI=1S/C15H16O3S.C6H9N3O2/c1-12-7-6-10-15(13(12)2)19(16,17)18-11-14-8-4-3-5-9-14;7-5(6(10)11)1-4-2-8-3-9-4/h3-10H,11H2,1-2H3;2-3,5H,1,7H2,(H,8,9)(H,10,11). The molecular formula is C21H25N3O5S. The van der Waals surface area contributed by atoms with E-state index < -0.39 is 22.1 Å². The summed E-state index contributed by atoms with van der Waals surface area (Å²) in [5.74, 6) is -1.00. The molecule has 1 aromatic heterocycles. The fourth-order valence-electron chi connectivity index (χ4n) is 2.50. The number of aromatic amines is 1. The molecule has 160 valence electrons. The summed E-state index contributed by atoms with van der Waals surface area (Å²) < 4.78 is 29.4. The molecule has 0 amide bonds. The molecule has 0 saturated heterocycles. The van der Waals surface area contributed by atoms with Crippen LogP contribution in [-0.2, 0) is 32.1 Å². The Balaban J connectivity index is 0.000000248. The van der Waals surface area contributed by atoms with Crippen LogP contribution in [0.1, 0.15) is 22.4 Å². The highest BCUT2D eigenvalue weighted by atomic mass is 32.2. The maximum absolute atomic E-state index is 12.2. The molecule has 0 aliphatic heterocycles. The monoisotopic (exact) mass is 431 g/mol. The number of nitrogens with one attached hydrogen (secondary N) is 1. The van der Waals surface area contributed by atoms with E-state index in [-0.39, 0.29) is 17.9 Å². The molecule has 0 radical (unpaired) electrons.